The summed E-state index contributed by atoms with van der Waals surface area (Å²) >= 11 is 12.3. The third-order valence-electron chi connectivity index (χ3n) is 6.64. The smallest absolute Gasteiger partial charge is 0.252 e. The molecule has 0 saturated carbocycles. The third-order valence-corrected chi connectivity index (χ3v) is 10.2. The molecule has 1 heterocycles. The number of amides is 2. The molecule has 1 saturated heterocycles. The summed E-state index contributed by atoms with van der Waals surface area (Å²) in [7, 11) is -8.32. The van der Waals surface area contributed by atoms with E-state index in [2.05, 4.69) is 0 Å². The monoisotopic (exact) mass is 623 g/mol. The molecule has 1 fully saturated rings. The minimum absolute atomic E-state index is 0.0928. The number of sulfonamides is 2. The van der Waals surface area contributed by atoms with E-state index in [4.69, 9.17) is 28.3 Å². The Morgan fingerprint density at radius 2 is 1.57 bits per heavy atom. The van der Waals surface area contributed by atoms with Gasteiger partial charge in [0.2, 0.25) is 26.0 Å². The molecule has 0 spiro atoms. The predicted octanol–water partition coefficient (Wildman–Crippen LogP) is 4.33. The molecule has 0 aromatic heterocycles. The topological polar surface area (TPSA) is 135 Å². The Kier molecular flexibility index (Phi) is 8.74. The number of hydrogen-bond acceptors (Lipinski definition) is 6. The highest BCUT2D eigenvalue weighted by atomic mass is 35.5. The van der Waals surface area contributed by atoms with Gasteiger partial charge >= 0.3 is 0 Å². The van der Waals surface area contributed by atoms with Crippen molar-refractivity contribution in [2.75, 3.05) is 11.4 Å². The molecule has 40 heavy (non-hydrogen) atoms. The largest absolute Gasteiger partial charge is 0.274 e. The van der Waals surface area contributed by atoms with Crippen LogP contribution in [0.15, 0.2) is 76.5 Å². The number of imide groups is 1. The van der Waals surface area contributed by atoms with Crippen LogP contribution in [0.2, 0.25) is 10.0 Å². The van der Waals surface area contributed by atoms with Gasteiger partial charge in [-0.15, -0.1) is 0 Å². The van der Waals surface area contributed by atoms with Gasteiger partial charge in [-0.05, 0) is 65.9 Å². The predicted molar refractivity (Wildman–Crippen MR) is 153 cm³/mol. The third kappa shape index (κ3) is 6.24. The summed E-state index contributed by atoms with van der Waals surface area (Å²) in [5.41, 5.74) is 1.95. The first-order valence-corrected chi connectivity index (χ1v) is 16.0. The number of primary sulfonamides is 1. The molecule has 3 aromatic rings. The lowest BCUT2D eigenvalue weighted by Gasteiger charge is -2.27. The molecule has 0 bridgehead atoms. The van der Waals surface area contributed by atoms with E-state index in [0.29, 0.717) is 11.3 Å². The minimum atomic E-state index is -4.42. The number of hydrogen-bond donors (Lipinski definition) is 1. The maximum Gasteiger partial charge on any atom is 0.252 e. The fourth-order valence-electron chi connectivity index (χ4n) is 4.45. The molecule has 1 aliphatic rings. The molecule has 4 rings (SSSR count). The van der Waals surface area contributed by atoms with Gasteiger partial charge in [0.25, 0.3) is 5.91 Å². The van der Waals surface area contributed by atoms with Gasteiger partial charge in [-0.2, -0.15) is 4.31 Å². The normalized spacial score (nSPS) is 16.4. The van der Waals surface area contributed by atoms with Gasteiger partial charge in [0, 0.05) is 11.6 Å². The highest BCUT2D eigenvalue weighted by Crippen LogP contribution is 2.33. The molecule has 13 heteroatoms. The molecule has 2 N–H and O–H groups in total. The summed E-state index contributed by atoms with van der Waals surface area (Å²) in [6.45, 7) is 3.83. The number of carbonyl (C=O) groups excluding carboxylic acids is 2. The van der Waals surface area contributed by atoms with Crippen molar-refractivity contribution in [3.8, 4) is 0 Å². The van der Waals surface area contributed by atoms with Gasteiger partial charge in [-0.25, -0.2) is 26.9 Å². The summed E-state index contributed by atoms with van der Waals surface area (Å²) in [5.74, 6) is -0.982. The molecule has 1 aliphatic heterocycles. The van der Waals surface area contributed by atoms with Crippen molar-refractivity contribution in [3.05, 3.63) is 87.9 Å². The van der Waals surface area contributed by atoms with Crippen LogP contribution < -0.4 is 10.0 Å². The zero-order valence-corrected chi connectivity index (χ0v) is 24.8. The summed E-state index contributed by atoms with van der Waals surface area (Å²) in [5, 5.41) is 5.19. The van der Waals surface area contributed by atoms with Crippen LogP contribution in [0.1, 0.15) is 37.3 Å². The van der Waals surface area contributed by atoms with Crippen LogP contribution in [-0.4, -0.2) is 45.5 Å². The standard InChI is InChI=1S/C27H27Cl2N3O6S2/c1-17(2)19-5-8-21(9-6-19)32-26(33)16-24(27(32)34)31(40(37,38)25-15-20(28)7-12-23(25)29)14-13-18-3-10-22(11-4-18)39(30,35)36/h3-12,15,17,24H,13-14,16H2,1-2H3,(H2,30,35,36). The molecule has 1 atom stereocenters. The van der Waals surface area contributed by atoms with E-state index in [1.165, 1.54) is 42.5 Å². The van der Waals surface area contributed by atoms with Crippen molar-refractivity contribution in [1.29, 1.82) is 0 Å². The minimum Gasteiger partial charge on any atom is -0.274 e. The van der Waals surface area contributed by atoms with Crippen LogP contribution in [0.5, 0.6) is 0 Å². The van der Waals surface area contributed by atoms with Gasteiger partial charge in [-0.3, -0.25) is 9.59 Å². The second-order valence-corrected chi connectivity index (χ2v) is 13.9. The fraction of sp³-hybridized carbons (Fsp3) is 0.259. The van der Waals surface area contributed by atoms with E-state index in [0.717, 1.165) is 14.8 Å². The Bertz CT molecular complexity index is 1660. The summed E-state index contributed by atoms with van der Waals surface area (Å²) < 4.78 is 52.0. The SMILES string of the molecule is CC(C)c1ccc(N2C(=O)CC(N(CCc3ccc(S(N)(=O)=O)cc3)S(=O)(=O)c3cc(Cl)ccc3Cl)C2=O)cc1. The van der Waals surface area contributed by atoms with E-state index in [1.807, 2.05) is 26.0 Å². The quantitative estimate of drug-likeness (QED) is 0.352. The zero-order chi connectivity index (χ0) is 29.4. The van der Waals surface area contributed by atoms with Gasteiger partial charge in [-0.1, -0.05) is 61.3 Å². The summed E-state index contributed by atoms with van der Waals surface area (Å²) in [6.07, 6.45) is -0.268. The number of anilines is 1. The number of halogens is 2. The molecular weight excluding hydrogens is 597 g/mol. The Labute approximate surface area is 243 Å². The Hall–Kier alpha value is -2.80. The maximum absolute atomic E-state index is 13.9. The Balaban J connectivity index is 1.70. The molecule has 2 amide bonds. The van der Waals surface area contributed by atoms with Crippen LogP contribution in [0, 0.1) is 0 Å². The van der Waals surface area contributed by atoms with Crippen molar-refractivity contribution in [3.63, 3.8) is 0 Å². The first-order chi connectivity index (χ1) is 18.7. The highest BCUT2D eigenvalue weighted by Gasteiger charge is 2.47. The lowest BCUT2D eigenvalue weighted by Crippen LogP contribution is -2.46. The number of rotatable bonds is 9. The van der Waals surface area contributed by atoms with Crippen LogP contribution in [0.3, 0.4) is 0 Å². The van der Waals surface area contributed by atoms with Crippen molar-refractivity contribution < 1.29 is 26.4 Å². The molecule has 3 aromatic carbocycles. The average Bonchev–Trinajstić information content (AvgIpc) is 3.18. The van der Waals surface area contributed by atoms with Crippen molar-refractivity contribution in [1.82, 2.24) is 4.31 Å². The fourth-order valence-corrected chi connectivity index (χ4v) is 7.29. The number of carbonyl (C=O) groups is 2. The van der Waals surface area contributed by atoms with E-state index in [1.54, 1.807) is 12.1 Å². The number of benzene rings is 3. The maximum atomic E-state index is 13.9. The van der Waals surface area contributed by atoms with Crippen LogP contribution in [-0.2, 0) is 36.1 Å². The molecular formula is C27H27Cl2N3O6S2. The molecule has 9 nitrogen and oxygen atoms in total. The van der Waals surface area contributed by atoms with Crippen LogP contribution in [0.25, 0.3) is 0 Å². The number of nitrogens with zero attached hydrogens (tertiary/aromatic N) is 2. The van der Waals surface area contributed by atoms with Gasteiger partial charge in [0.05, 0.1) is 22.0 Å². The van der Waals surface area contributed by atoms with E-state index in [9.17, 15) is 26.4 Å². The highest BCUT2D eigenvalue weighted by molar-refractivity contribution is 7.89. The van der Waals surface area contributed by atoms with Crippen molar-refractivity contribution >= 4 is 60.8 Å². The van der Waals surface area contributed by atoms with Crippen molar-refractivity contribution in [2.45, 2.75) is 48.4 Å². The first-order valence-electron chi connectivity index (χ1n) is 12.3. The van der Waals surface area contributed by atoms with Gasteiger partial charge < -0.3 is 0 Å². The van der Waals surface area contributed by atoms with Crippen molar-refractivity contribution in [2.24, 2.45) is 5.14 Å². The molecule has 0 aliphatic carbocycles. The summed E-state index contributed by atoms with van der Waals surface area (Å²) in [6, 6.07) is 15.2. The Morgan fingerprint density at radius 3 is 2.15 bits per heavy atom. The van der Waals surface area contributed by atoms with E-state index in [-0.39, 0.29) is 45.1 Å². The van der Waals surface area contributed by atoms with Gasteiger partial charge in [0.15, 0.2) is 0 Å². The second kappa shape index (κ2) is 11.6. The van der Waals surface area contributed by atoms with Crippen LogP contribution in [0.4, 0.5) is 5.69 Å². The first kappa shape index (κ1) is 30.2. The zero-order valence-electron chi connectivity index (χ0n) is 21.6. The summed E-state index contributed by atoms with van der Waals surface area (Å²) in [4.78, 5) is 27.3. The lowest BCUT2D eigenvalue weighted by molar-refractivity contribution is -0.122. The van der Waals surface area contributed by atoms with E-state index >= 15 is 0 Å². The Morgan fingerprint density at radius 1 is 0.950 bits per heavy atom. The van der Waals surface area contributed by atoms with Crippen LogP contribution >= 0.6 is 23.2 Å². The average molecular weight is 625 g/mol. The molecule has 1 unspecified atom stereocenters. The lowest BCUT2D eigenvalue weighted by atomic mass is 10.0. The number of nitrogens with two attached hydrogens (primary N) is 1. The second-order valence-electron chi connectivity index (χ2n) is 9.66. The van der Waals surface area contributed by atoms with Gasteiger partial charge in [0.1, 0.15) is 10.9 Å². The van der Waals surface area contributed by atoms with E-state index < -0.39 is 37.9 Å². The molecule has 212 valence electrons. The molecule has 0 radical (unpaired) electrons.